The van der Waals surface area contributed by atoms with Crippen LogP contribution in [-0.2, 0) is 4.79 Å². The van der Waals surface area contributed by atoms with Crippen LogP contribution in [0.1, 0.15) is 25.1 Å². The molecule has 21 heavy (non-hydrogen) atoms. The first-order valence-electron chi connectivity index (χ1n) is 6.77. The van der Waals surface area contributed by atoms with Crippen molar-refractivity contribution in [3.63, 3.8) is 0 Å². The molecule has 1 amide bonds. The van der Waals surface area contributed by atoms with Crippen LogP contribution in [0, 0.1) is 11.7 Å². The van der Waals surface area contributed by atoms with Gasteiger partial charge in [-0.25, -0.2) is 4.39 Å². The molecule has 114 valence electrons. The fourth-order valence-electron chi connectivity index (χ4n) is 2.79. The number of furan rings is 1. The van der Waals surface area contributed by atoms with Crippen LogP contribution in [0.4, 0.5) is 4.39 Å². The van der Waals surface area contributed by atoms with Crippen LogP contribution in [0.3, 0.4) is 0 Å². The Hall–Kier alpha value is -1.59. The molecule has 6 heteroatoms. The molecule has 2 heterocycles. The zero-order chi connectivity index (χ0) is 14.3. The Morgan fingerprint density at radius 3 is 2.90 bits per heavy atom. The number of fused-ring (bicyclic) bond motifs is 1. The highest BCUT2D eigenvalue weighted by Gasteiger charge is 2.31. The van der Waals surface area contributed by atoms with Crippen LogP contribution in [0.25, 0.3) is 11.0 Å². The molecular weight excluding hydrogens is 295 g/mol. The van der Waals surface area contributed by atoms with E-state index in [1.165, 1.54) is 12.1 Å². The highest BCUT2D eigenvalue weighted by Crippen LogP contribution is 2.31. The van der Waals surface area contributed by atoms with Gasteiger partial charge in [0.2, 0.25) is 5.91 Å². The molecule has 0 aliphatic carbocycles. The molecule has 1 fully saturated rings. The number of benzene rings is 1. The molecule has 2 N–H and O–H groups in total. The third kappa shape index (κ3) is 3.04. The van der Waals surface area contributed by atoms with Gasteiger partial charge < -0.3 is 10.2 Å². The van der Waals surface area contributed by atoms with E-state index in [9.17, 15) is 9.18 Å². The molecule has 3 rings (SSSR count). The molecule has 2 aromatic rings. The fourth-order valence-corrected chi connectivity index (χ4v) is 2.79. The average molecular weight is 313 g/mol. The molecule has 1 saturated heterocycles. The summed E-state index contributed by atoms with van der Waals surface area (Å²) in [6, 6.07) is 6.40. The Morgan fingerprint density at radius 1 is 1.48 bits per heavy atom. The minimum Gasteiger partial charge on any atom is -0.459 e. The highest BCUT2D eigenvalue weighted by atomic mass is 35.5. The van der Waals surface area contributed by atoms with Crippen molar-refractivity contribution in [1.29, 1.82) is 0 Å². The Balaban J connectivity index is 0.00000161. The Morgan fingerprint density at radius 2 is 2.24 bits per heavy atom. The molecule has 1 aliphatic rings. The van der Waals surface area contributed by atoms with Crippen molar-refractivity contribution in [2.45, 2.75) is 19.4 Å². The number of nitrogens with zero attached hydrogens (tertiary/aromatic N) is 1. The van der Waals surface area contributed by atoms with Gasteiger partial charge in [0.05, 0.1) is 12.0 Å². The first kappa shape index (κ1) is 15.8. The van der Waals surface area contributed by atoms with E-state index in [-0.39, 0.29) is 36.1 Å². The lowest BCUT2D eigenvalue weighted by molar-refractivity contribution is -0.121. The van der Waals surface area contributed by atoms with Crippen LogP contribution < -0.4 is 5.73 Å². The summed E-state index contributed by atoms with van der Waals surface area (Å²) < 4.78 is 19.0. The number of carbonyl (C=O) groups is 1. The van der Waals surface area contributed by atoms with E-state index in [1.54, 1.807) is 6.07 Å². The summed E-state index contributed by atoms with van der Waals surface area (Å²) in [5.74, 6) is 0.189. The number of amides is 1. The second-order valence-corrected chi connectivity index (χ2v) is 5.39. The molecule has 1 aromatic heterocycles. The van der Waals surface area contributed by atoms with Gasteiger partial charge in [-0.05, 0) is 44.2 Å². The molecular formula is C15H18ClFN2O2. The summed E-state index contributed by atoms with van der Waals surface area (Å²) in [6.45, 7) is 3.50. The van der Waals surface area contributed by atoms with Crippen LogP contribution in [0.2, 0.25) is 0 Å². The third-order valence-corrected chi connectivity index (χ3v) is 4.08. The predicted octanol–water partition coefficient (Wildman–Crippen LogP) is 2.86. The van der Waals surface area contributed by atoms with Crippen molar-refractivity contribution in [2.75, 3.05) is 13.1 Å². The highest BCUT2D eigenvalue weighted by molar-refractivity contribution is 5.85. The van der Waals surface area contributed by atoms with Gasteiger partial charge in [0, 0.05) is 11.9 Å². The maximum atomic E-state index is 13.2. The monoisotopic (exact) mass is 312 g/mol. The SMILES string of the molecule is C[C@H](c1cc2cc(F)ccc2o1)N1CCC(C(N)=O)C1.Cl. The lowest BCUT2D eigenvalue weighted by atomic mass is 10.1. The summed E-state index contributed by atoms with van der Waals surface area (Å²) in [6.07, 6.45) is 0.786. The van der Waals surface area contributed by atoms with Gasteiger partial charge in [-0.2, -0.15) is 0 Å². The van der Waals surface area contributed by atoms with E-state index in [0.717, 1.165) is 24.1 Å². The van der Waals surface area contributed by atoms with Crippen LogP contribution >= 0.6 is 12.4 Å². The number of halogens is 2. The number of hydrogen-bond donors (Lipinski definition) is 1. The quantitative estimate of drug-likeness (QED) is 0.948. The summed E-state index contributed by atoms with van der Waals surface area (Å²) >= 11 is 0. The molecule has 1 unspecified atom stereocenters. The molecule has 0 spiro atoms. The van der Waals surface area contributed by atoms with E-state index in [0.29, 0.717) is 12.1 Å². The number of rotatable bonds is 3. The normalized spacial score (nSPS) is 20.4. The number of primary amides is 1. The van der Waals surface area contributed by atoms with Crippen LogP contribution in [-0.4, -0.2) is 23.9 Å². The van der Waals surface area contributed by atoms with Gasteiger partial charge in [-0.15, -0.1) is 12.4 Å². The van der Waals surface area contributed by atoms with Gasteiger partial charge in [0.1, 0.15) is 17.2 Å². The van der Waals surface area contributed by atoms with Crippen molar-refractivity contribution in [3.8, 4) is 0 Å². The summed E-state index contributed by atoms with van der Waals surface area (Å²) in [4.78, 5) is 13.4. The number of likely N-dealkylation sites (tertiary alicyclic amines) is 1. The predicted molar refractivity (Wildman–Crippen MR) is 80.7 cm³/mol. The summed E-state index contributed by atoms with van der Waals surface area (Å²) in [5, 5.41) is 0.762. The smallest absolute Gasteiger partial charge is 0.221 e. The average Bonchev–Trinajstić information content (AvgIpc) is 3.03. The summed E-state index contributed by atoms with van der Waals surface area (Å²) in [7, 11) is 0. The second kappa shape index (κ2) is 6.03. The lowest BCUT2D eigenvalue weighted by Crippen LogP contribution is -2.29. The van der Waals surface area contributed by atoms with Crippen molar-refractivity contribution in [1.82, 2.24) is 4.90 Å². The van der Waals surface area contributed by atoms with Crippen LogP contribution in [0.15, 0.2) is 28.7 Å². The first-order chi connectivity index (χ1) is 9.54. The minimum absolute atomic E-state index is 0. The number of hydrogen-bond acceptors (Lipinski definition) is 3. The number of nitrogens with two attached hydrogens (primary N) is 1. The van der Waals surface area contributed by atoms with Crippen molar-refractivity contribution >= 4 is 29.3 Å². The fraction of sp³-hybridized carbons (Fsp3) is 0.400. The maximum Gasteiger partial charge on any atom is 0.221 e. The topological polar surface area (TPSA) is 59.5 Å². The van der Waals surface area contributed by atoms with Crippen molar-refractivity contribution in [3.05, 3.63) is 35.8 Å². The molecule has 0 bridgehead atoms. The zero-order valence-electron chi connectivity index (χ0n) is 11.7. The van der Waals surface area contributed by atoms with Crippen molar-refractivity contribution < 1.29 is 13.6 Å². The van der Waals surface area contributed by atoms with E-state index in [2.05, 4.69) is 4.90 Å². The first-order valence-corrected chi connectivity index (χ1v) is 6.77. The Labute approximate surface area is 128 Å². The van der Waals surface area contributed by atoms with Gasteiger partial charge in [-0.3, -0.25) is 9.69 Å². The Kier molecular flexibility index (Phi) is 4.54. The molecule has 0 radical (unpaired) electrons. The van der Waals surface area contributed by atoms with Gasteiger partial charge in [-0.1, -0.05) is 0 Å². The van der Waals surface area contributed by atoms with E-state index >= 15 is 0 Å². The molecule has 2 atom stereocenters. The molecule has 0 saturated carbocycles. The minimum atomic E-state index is -0.271. The lowest BCUT2D eigenvalue weighted by Gasteiger charge is -2.21. The third-order valence-electron chi connectivity index (χ3n) is 4.08. The maximum absolute atomic E-state index is 13.2. The van der Waals surface area contributed by atoms with Gasteiger partial charge in [0.15, 0.2) is 0 Å². The standard InChI is InChI=1S/C15H17FN2O2.ClH/c1-9(18-5-4-10(8-18)15(17)19)14-7-11-6-12(16)2-3-13(11)20-14;/h2-3,6-7,9-10H,4-5,8H2,1H3,(H2,17,19);1H/t9-,10?;/m1./s1. The van der Waals surface area contributed by atoms with Crippen LogP contribution in [0.5, 0.6) is 0 Å². The van der Waals surface area contributed by atoms with E-state index in [1.807, 2.05) is 13.0 Å². The van der Waals surface area contributed by atoms with Gasteiger partial charge in [0.25, 0.3) is 0 Å². The van der Waals surface area contributed by atoms with Gasteiger partial charge >= 0.3 is 0 Å². The molecule has 1 aliphatic heterocycles. The number of carbonyl (C=O) groups excluding carboxylic acids is 1. The van der Waals surface area contributed by atoms with E-state index in [4.69, 9.17) is 10.2 Å². The molecule has 4 nitrogen and oxygen atoms in total. The largest absolute Gasteiger partial charge is 0.459 e. The molecule has 1 aromatic carbocycles. The Bertz CT molecular complexity index is 658. The van der Waals surface area contributed by atoms with Crippen molar-refractivity contribution in [2.24, 2.45) is 11.7 Å². The van der Waals surface area contributed by atoms with E-state index < -0.39 is 0 Å². The summed E-state index contributed by atoms with van der Waals surface area (Å²) in [5.41, 5.74) is 6.03. The second-order valence-electron chi connectivity index (χ2n) is 5.39. The zero-order valence-corrected chi connectivity index (χ0v) is 12.5.